The highest BCUT2D eigenvalue weighted by atomic mass is 35.5. The summed E-state index contributed by atoms with van der Waals surface area (Å²) in [7, 11) is -4.56. The lowest BCUT2D eigenvalue weighted by Crippen LogP contribution is -1.90. The molecule has 13 heavy (non-hydrogen) atoms. The van der Waals surface area contributed by atoms with Crippen LogP contribution in [0.1, 0.15) is 0 Å². The molecule has 0 aliphatic rings. The van der Waals surface area contributed by atoms with Crippen molar-refractivity contribution in [2.75, 3.05) is 0 Å². The van der Waals surface area contributed by atoms with Crippen molar-refractivity contribution in [1.82, 2.24) is 0 Å². The summed E-state index contributed by atoms with van der Waals surface area (Å²) in [5.41, 5.74) is 0. The van der Waals surface area contributed by atoms with Gasteiger partial charge in [-0.05, 0) is 18.2 Å². The Morgan fingerprint density at radius 1 is 1.31 bits per heavy atom. The van der Waals surface area contributed by atoms with Crippen molar-refractivity contribution in [2.45, 2.75) is 0 Å². The number of rotatable bonds is 2. The smallest absolute Gasteiger partial charge is 0.403 e. The van der Waals surface area contributed by atoms with Crippen molar-refractivity contribution in [1.29, 1.82) is 0 Å². The monoisotopic (exact) mass is 242 g/mol. The summed E-state index contributed by atoms with van der Waals surface area (Å²) in [5.74, 6) is -0.0978. The van der Waals surface area contributed by atoms with Crippen LogP contribution in [-0.2, 0) is 4.57 Å². The molecule has 0 saturated heterocycles. The molecule has 0 aliphatic heterocycles. The van der Waals surface area contributed by atoms with Crippen molar-refractivity contribution < 1.29 is 18.9 Å². The molecule has 0 aliphatic carbocycles. The number of hydrogen-bond acceptors (Lipinski definition) is 2. The van der Waals surface area contributed by atoms with E-state index >= 15 is 0 Å². The van der Waals surface area contributed by atoms with E-state index in [-0.39, 0.29) is 10.8 Å². The van der Waals surface area contributed by atoms with Crippen LogP contribution in [-0.4, -0.2) is 9.79 Å². The molecule has 0 atom stereocenters. The minimum absolute atomic E-state index is 0.0517. The second-order valence-electron chi connectivity index (χ2n) is 2.16. The average molecular weight is 243 g/mol. The molecule has 0 spiro atoms. The number of phosphoric ester groups is 1. The summed E-state index contributed by atoms with van der Waals surface area (Å²) in [4.78, 5) is 16.9. The molecule has 0 aromatic heterocycles. The van der Waals surface area contributed by atoms with Crippen molar-refractivity contribution in [3.8, 4) is 5.75 Å². The highest BCUT2D eigenvalue weighted by molar-refractivity contribution is 7.46. The molecule has 0 saturated carbocycles. The molecule has 0 heterocycles. The molecule has 1 rings (SSSR count). The summed E-state index contributed by atoms with van der Waals surface area (Å²) < 4.78 is 14.7. The van der Waals surface area contributed by atoms with Gasteiger partial charge in [-0.3, -0.25) is 9.79 Å². The fourth-order valence-electron chi connectivity index (χ4n) is 0.677. The standard InChI is InChI=1S/C6H5Cl2O4P/c7-4-1-2-6(5(8)3-4)12-13(9,10)11/h1-3H,(H2,9,10,11). The third-order valence-electron chi connectivity index (χ3n) is 1.11. The SMILES string of the molecule is O=P(O)(O)Oc1ccc(Cl)cc1Cl. The highest BCUT2D eigenvalue weighted by Crippen LogP contribution is 2.41. The molecule has 0 bridgehead atoms. The summed E-state index contributed by atoms with van der Waals surface area (Å²) >= 11 is 11.1. The Balaban J connectivity index is 2.97. The predicted octanol–water partition coefficient (Wildman–Crippen LogP) is 2.46. The van der Waals surface area contributed by atoms with E-state index in [1.165, 1.54) is 18.2 Å². The van der Waals surface area contributed by atoms with Crippen LogP contribution in [0.2, 0.25) is 10.0 Å². The lowest BCUT2D eigenvalue weighted by atomic mass is 10.3. The molecule has 1 aromatic carbocycles. The summed E-state index contributed by atoms with van der Waals surface area (Å²) in [6.07, 6.45) is 0. The van der Waals surface area contributed by atoms with Crippen molar-refractivity contribution in [2.24, 2.45) is 0 Å². The van der Waals surface area contributed by atoms with Gasteiger partial charge in [0.1, 0.15) is 5.75 Å². The number of hydrogen-bond donors (Lipinski definition) is 2. The van der Waals surface area contributed by atoms with E-state index in [0.717, 1.165) is 0 Å². The van der Waals surface area contributed by atoms with E-state index in [2.05, 4.69) is 4.52 Å². The second-order valence-corrected chi connectivity index (χ2v) is 4.16. The topological polar surface area (TPSA) is 66.8 Å². The van der Waals surface area contributed by atoms with E-state index in [9.17, 15) is 4.57 Å². The quantitative estimate of drug-likeness (QED) is 0.783. The van der Waals surface area contributed by atoms with Crippen LogP contribution < -0.4 is 4.52 Å². The van der Waals surface area contributed by atoms with Gasteiger partial charge >= 0.3 is 7.82 Å². The molecule has 0 amide bonds. The molecular weight excluding hydrogens is 238 g/mol. The van der Waals surface area contributed by atoms with Gasteiger partial charge in [0.25, 0.3) is 0 Å². The molecule has 4 nitrogen and oxygen atoms in total. The third kappa shape index (κ3) is 3.55. The Morgan fingerprint density at radius 3 is 2.38 bits per heavy atom. The Morgan fingerprint density at radius 2 is 1.92 bits per heavy atom. The fraction of sp³-hybridized carbons (Fsp3) is 0. The van der Waals surface area contributed by atoms with E-state index in [4.69, 9.17) is 33.0 Å². The molecule has 0 unspecified atom stereocenters. The van der Waals surface area contributed by atoms with Crippen molar-refractivity contribution in [3.05, 3.63) is 28.2 Å². The fourth-order valence-corrected chi connectivity index (χ4v) is 1.59. The van der Waals surface area contributed by atoms with E-state index < -0.39 is 7.82 Å². The number of halogens is 2. The van der Waals surface area contributed by atoms with Crippen LogP contribution in [0, 0.1) is 0 Å². The maximum atomic E-state index is 10.4. The summed E-state index contributed by atoms with van der Waals surface area (Å²) in [5, 5.41) is 0.416. The van der Waals surface area contributed by atoms with Gasteiger partial charge in [-0.25, -0.2) is 4.57 Å². The number of benzene rings is 1. The summed E-state index contributed by atoms with van der Waals surface area (Å²) in [6.45, 7) is 0. The van der Waals surface area contributed by atoms with Gasteiger partial charge < -0.3 is 4.52 Å². The molecular formula is C6H5Cl2O4P. The Hall–Kier alpha value is -0.250. The van der Waals surface area contributed by atoms with Gasteiger partial charge in [0, 0.05) is 5.02 Å². The largest absolute Gasteiger partial charge is 0.524 e. The van der Waals surface area contributed by atoms with Crippen LogP contribution in [0.15, 0.2) is 18.2 Å². The van der Waals surface area contributed by atoms with Gasteiger partial charge in [-0.2, -0.15) is 0 Å². The second kappa shape index (κ2) is 3.86. The molecule has 0 radical (unpaired) electrons. The van der Waals surface area contributed by atoms with Gasteiger partial charge in [-0.15, -0.1) is 0 Å². The first kappa shape index (κ1) is 10.8. The van der Waals surface area contributed by atoms with Crippen LogP contribution in [0.25, 0.3) is 0 Å². The third-order valence-corrected chi connectivity index (χ3v) is 2.08. The predicted molar refractivity (Wildman–Crippen MR) is 49.1 cm³/mol. The van der Waals surface area contributed by atoms with Crippen LogP contribution in [0.3, 0.4) is 0 Å². The maximum Gasteiger partial charge on any atom is 0.524 e. The Kier molecular flexibility index (Phi) is 3.22. The van der Waals surface area contributed by atoms with E-state index in [1.54, 1.807) is 0 Å². The molecule has 2 N–H and O–H groups in total. The van der Waals surface area contributed by atoms with Crippen LogP contribution in [0.4, 0.5) is 0 Å². The highest BCUT2D eigenvalue weighted by Gasteiger charge is 2.17. The summed E-state index contributed by atoms with van der Waals surface area (Å²) in [6, 6.07) is 4.02. The van der Waals surface area contributed by atoms with Gasteiger partial charge in [0.15, 0.2) is 0 Å². The zero-order chi connectivity index (χ0) is 10.1. The lowest BCUT2D eigenvalue weighted by molar-refractivity contribution is 0.283. The van der Waals surface area contributed by atoms with E-state index in [1.807, 2.05) is 0 Å². The van der Waals surface area contributed by atoms with Crippen LogP contribution in [0.5, 0.6) is 5.75 Å². The number of phosphoric acid groups is 1. The maximum absolute atomic E-state index is 10.4. The first-order valence-corrected chi connectivity index (χ1v) is 5.37. The zero-order valence-corrected chi connectivity index (χ0v) is 8.55. The Bertz CT molecular complexity index is 362. The minimum Gasteiger partial charge on any atom is -0.403 e. The van der Waals surface area contributed by atoms with Gasteiger partial charge in [0.2, 0.25) is 0 Å². The van der Waals surface area contributed by atoms with E-state index in [0.29, 0.717) is 5.02 Å². The normalized spacial score (nSPS) is 11.4. The Labute approximate surface area is 84.3 Å². The van der Waals surface area contributed by atoms with Crippen molar-refractivity contribution in [3.63, 3.8) is 0 Å². The molecule has 1 aromatic rings. The van der Waals surface area contributed by atoms with Crippen molar-refractivity contribution >= 4 is 31.0 Å². The first-order chi connectivity index (χ1) is 5.88. The van der Waals surface area contributed by atoms with Gasteiger partial charge in [0.05, 0.1) is 5.02 Å². The zero-order valence-electron chi connectivity index (χ0n) is 6.15. The van der Waals surface area contributed by atoms with Crippen LogP contribution >= 0.6 is 31.0 Å². The molecule has 7 heteroatoms. The minimum atomic E-state index is -4.56. The van der Waals surface area contributed by atoms with Gasteiger partial charge in [-0.1, -0.05) is 23.2 Å². The first-order valence-electron chi connectivity index (χ1n) is 3.09. The average Bonchev–Trinajstić information content (AvgIpc) is 1.93. The lowest BCUT2D eigenvalue weighted by Gasteiger charge is -2.07. The molecule has 0 fully saturated rings. The molecule has 72 valence electrons.